The number of aromatic carboxylic acids is 1. The Morgan fingerprint density at radius 3 is 2.86 bits per heavy atom. The molecule has 0 saturated carbocycles. The van der Waals surface area contributed by atoms with Gasteiger partial charge in [-0.2, -0.15) is 0 Å². The quantitative estimate of drug-likeness (QED) is 0.756. The number of carboxylic acids is 1. The third-order valence-corrected chi connectivity index (χ3v) is 3.18. The third-order valence-electron chi connectivity index (χ3n) is 3.18. The Morgan fingerprint density at radius 2 is 2.09 bits per heavy atom. The zero-order chi connectivity index (χ0) is 15.4. The van der Waals surface area contributed by atoms with Gasteiger partial charge in [0.1, 0.15) is 0 Å². The highest BCUT2D eigenvalue weighted by molar-refractivity contribution is 5.91. The zero-order valence-electron chi connectivity index (χ0n) is 11.7. The van der Waals surface area contributed by atoms with E-state index in [2.05, 4.69) is 15.3 Å². The lowest BCUT2D eigenvalue weighted by Gasteiger charge is -2.06. The molecule has 110 valence electrons. The molecule has 22 heavy (non-hydrogen) atoms. The Labute approximate surface area is 127 Å². The highest BCUT2D eigenvalue weighted by Gasteiger charge is 2.11. The van der Waals surface area contributed by atoms with Crippen molar-refractivity contribution >= 4 is 11.7 Å². The number of hydrogen-bond acceptors (Lipinski definition) is 4. The molecule has 6 nitrogen and oxygen atoms in total. The summed E-state index contributed by atoms with van der Waals surface area (Å²) in [5.41, 5.74) is 2.55. The lowest BCUT2D eigenvalue weighted by Crippen LogP contribution is -2.04. The van der Waals surface area contributed by atoms with E-state index in [0.717, 1.165) is 11.4 Å². The van der Waals surface area contributed by atoms with Gasteiger partial charge in [-0.05, 0) is 24.3 Å². The van der Waals surface area contributed by atoms with Gasteiger partial charge in [-0.3, -0.25) is 4.98 Å². The molecule has 0 unspecified atom stereocenters. The molecule has 0 aliphatic rings. The van der Waals surface area contributed by atoms with Crippen LogP contribution in [0.2, 0.25) is 0 Å². The number of anilines is 1. The van der Waals surface area contributed by atoms with Gasteiger partial charge in [0.25, 0.3) is 0 Å². The second-order valence-electron chi connectivity index (χ2n) is 4.69. The van der Waals surface area contributed by atoms with Gasteiger partial charge in [0.15, 0.2) is 0 Å². The minimum absolute atomic E-state index is 0.242. The predicted octanol–water partition coefficient (Wildman–Crippen LogP) is 2.58. The normalized spacial score (nSPS) is 10.4. The average Bonchev–Trinajstić information content (AvgIpc) is 3.03. The number of hydrogen-bond donors (Lipinski definition) is 2. The first kappa shape index (κ1) is 13.8. The molecule has 2 aromatic heterocycles. The van der Waals surface area contributed by atoms with Gasteiger partial charge in [0.2, 0.25) is 0 Å². The molecule has 2 heterocycles. The van der Waals surface area contributed by atoms with Crippen molar-refractivity contribution in [1.82, 2.24) is 14.5 Å². The summed E-state index contributed by atoms with van der Waals surface area (Å²) in [5, 5.41) is 12.4. The van der Waals surface area contributed by atoms with Crippen LogP contribution in [-0.2, 0) is 6.54 Å². The van der Waals surface area contributed by atoms with E-state index in [1.54, 1.807) is 47.6 Å². The van der Waals surface area contributed by atoms with Gasteiger partial charge in [-0.25, -0.2) is 9.78 Å². The fourth-order valence-corrected chi connectivity index (χ4v) is 2.13. The van der Waals surface area contributed by atoms with Crippen molar-refractivity contribution in [2.45, 2.75) is 6.54 Å². The summed E-state index contributed by atoms with van der Waals surface area (Å²) in [4.78, 5) is 19.6. The first-order valence-electron chi connectivity index (χ1n) is 6.73. The molecule has 0 aliphatic heterocycles. The van der Waals surface area contributed by atoms with Crippen molar-refractivity contribution in [3.05, 3.63) is 72.6 Å². The molecule has 6 heteroatoms. The van der Waals surface area contributed by atoms with Crippen LogP contribution in [0.3, 0.4) is 0 Å². The molecule has 0 saturated heterocycles. The first-order valence-corrected chi connectivity index (χ1v) is 6.73. The van der Waals surface area contributed by atoms with Crippen LogP contribution < -0.4 is 5.32 Å². The monoisotopic (exact) mass is 294 g/mol. The number of carboxylic acid groups (broad SMARTS) is 1. The minimum atomic E-state index is -0.959. The molecule has 0 spiro atoms. The summed E-state index contributed by atoms with van der Waals surface area (Å²) in [6.45, 7) is 0.536. The number of aromatic nitrogens is 3. The molecule has 0 amide bonds. The molecular formula is C16H14N4O2. The van der Waals surface area contributed by atoms with Crippen LogP contribution in [0.1, 0.15) is 16.1 Å². The Kier molecular flexibility index (Phi) is 3.82. The number of benzene rings is 1. The van der Waals surface area contributed by atoms with Gasteiger partial charge >= 0.3 is 5.97 Å². The van der Waals surface area contributed by atoms with E-state index in [9.17, 15) is 9.90 Å². The summed E-state index contributed by atoms with van der Waals surface area (Å²) in [6.07, 6.45) is 6.87. The maximum absolute atomic E-state index is 11.3. The van der Waals surface area contributed by atoms with E-state index in [1.807, 2.05) is 18.3 Å². The van der Waals surface area contributed by atoms with Gasteiger partial charge in [-0.1, -0.05) is 12.1 Å². The number of pyridine rings is 1. The highest BCUT2D eigenvalue weighted by Crippen LogP contribution is 2.15. The average molecular weight is 294 g/mol. The molecule has 3 aromatic rings. The van der Waals surface area contributed by atoms with E-state index >= 15 is 0 Å². The number of nitrogens with zero attached hydrogens (tertiary/aromatic N) is 3. The molecule has 0 aliphatic carbocycles. The summed E-state index contributed by atoms with van der Waals surface area (Å²) in [6, 6.07) is 10.6. The minimum Gasteiger partial charge on any atom is -0.478 e. The summed E-state index contributed by atoms with van der Waals surface area (Å²) in [7, 11) is 0. The van der Waals surface area contributed by atoms with E-state index in [1.165, 1.54) is 0 Å². The Bertz CT molecular complexity index is 784. The second-order valence-corrected chi connectivity index (χ2v) is 4.69. The smallest absolute Gasteiger partial charge is 0.337 e. The van der Waals surface area contributed by atoms with E-state index in [-0.39, 0.29) is 5.56 Å². The summed E-state index contributed by atoms with van der Waals surface area (Å²) < 4.78 is 1.71. The summed E-state index contributed by atoms with van der Waals surface area (Å²) >= 11 is 0. The number of rotatable bonds is 5. The van der Waals surface area contributed by atoms with Crippen molar-refractivity contribution in [2.75, 3.05) is 5.32 Å². The largest absolute Gasteiger partial charge is 0.478 e. The van der Waals surface area contributed by atoms with Gasteiger partial charge in [-0.15, -0.1) is 0 Å². The lowest BCUT2D eigenvalue weighted by atomic mass is 10.2. The van der Waals surface area contributed by atoms with Crippen molar-refractivity contribution in [1.29, 1.82) is 0 Å². The van der Waals surface area contributed by atoms with E-state index in [4.69, 9.17) is 0 Å². The number of para-hydroxylation sites is 1. The highest BCUT2D eigenvalue weighted by atomic mass is 16.4. The van der Waals surface area contributed by atoms with E-state index in [0.29, 0.717) is 12.2 Å². The second kappa shape index (κ2) is 6.09. The fourth-order valence-electron chi connectivity index (χ4n) is 2.13. The molecule has 0 radical (unpaired) electrons. The fraction of sp³-hybridized carbons (Fsp3) is 0.0625. The maximum Gasteiger partial charge on any atom is 0.337 e. The Morgan fingerprint density at radius 1 is 1.23 bits per heavy atom. The SMILES string of the molecule is O=C(O)c1ccccc1-n1cnc(CNc2cccnc2)c1. The Balaban J connectivity index is 1.78. The van der Waals surface area contributed by atoms with Crippen LogP contribution in [-0.4, -0.2) is 25.6 Å². The van der Waals surface area contributed by atoms with E-state index < -0.39 is 5.97 Å². The van der Waals surface area contributed by atoms with Crippen LogP contribution in [0.4, 0.5) is 5.69 Å². The molecular weight excluding hydrogens is 280 g/mol. The van der Waals surface area contributed by atoms with Crippen molar-refractivity contribution in [3.63, 3.8) is 0 Å². The van der Waals surface area contributed by atoms with Crippen LogP contribution >= 0.6 is 0 Å². The third kappa shape index (κ3) is 2.95. The zero-order valence-corrected chi connectivity index (χ0v) is 11.7. The standard InChI is InChI=1S/C16H14N4O2/c21-16(22)14-5-1-2-6-15(14)20-10-13(19-11-20)9-18-12-4-3-7-17-8-12/h1-8,10-11,18H,9H2,(H,21,22). The predicted molar refractivity (Wildman–Crippen MR) is 82.1 cm³/mol. The molecule has 0 fully saturated rings. The molecule has 2 N–H and O–H groups in total. The number of nitrogens with one attached hydrogen (secondary N) is 1. The number of imidazole rings is 1. The van der Waals surface area contributed by atoms with Crippen molar-refractivity contribution in [3.8, 4) is 5.69 Å². The molecule has 0 atom stereocenters. The van der Waals surface area contributed by atoms with Gasteiger partial charge < -0.3 is 15.0 Å². The molecule has 3 rings (SSSR count). The topological polar surface area (TPSA) is 80.0 Å². The lowest BCUT2D eigenvalue weighted by molar-refractivity contribution is 0.0697. The molecule has 0 bridgehead atoms. The van der Waals surface area contributed by atoms with Crippen molar-refractivity contribution in [2.24, 2.45) is 0 Å². The maximum atomic E-state index is 11.3. The Hall–Kier alpha value is -3.15. The first-order chi connectivity index (χ1) is 10.7. The van der Waals surface area contributed by atoms with Crippen LogP contribution in [0.5, 0.6) is 0 Å². The van der Waals surface area contributed by atoms with Gasteiger partial charge in [0.05, 0.1) is 35.5 Å². The van der Waals surface area contributed by atoms with Crippen LogP contribution in [0.25, 0.3) is 5.69 Å². The van der Waals surface area contributed by atoms with Crippen LogP contribution in [0.15, 0.2) is 61.3 Å². The number of carbonyl (C=O) groups is 1. The summed E-state index contributed by atoms with van der Waals surface area (Å²) in [5.74, 6) is -0.959. The van der Waals surface area contributed by atoms with Crippen LogP contribution in [0, 0.1) is 0 Å². The van der Waals surface area contributed by atoms with Crippen molar-refractivity contribution < 1.29 is 9.90 Å². The molecule has 1 aromatic carbocycles. The van der Waals surface area contributed by atoms with Gasteiger partial charge in [0, 0.05) is 18.6 Å².